The van der Waals surface area contributed by atoms with Crippen molar-refractivity contribution in [3.63, 3.8) is 0 Å². The SMILES string of the molecule is Cc1c(C)n(CCCN2CCN(c3ccccc3OCC(F)(F)F)CC2)c(=O)n(Cc2ccccc2)c1=O.O=C(O)C=CC(=O)O. The van der Waals surface area contributed by atoms with Gasteiger partial charge in [0.25, 0.3) is 5.56 Å². The van der Waals surface area contributed by atoms with E-state index >= 15 is 0 Å². The lowest BCUT2D eigenvalue weighted by Gasteiger charge is -2.36. The maximum atomic E-state index is 13.2. The molecular formula is C32H37F3N4O7. The zero-order valence-corrected chi connectivity index (χ0v) is 25.6. The summed E-state index contributed by atoms with van der Waals surface area (Å²) in [4.78, 5) is 49.5. The molecule has 0 bridgehead atoms. The largest absolute Gasteiger partial charge is 0.482 e. The number of hydrogen-bond donors (Lipinski definition) is 2. The van der Waals surface area contributed by atoms with Gasteiger partial charge in [-0.3, -0.25) is 18.8 Å². The highest BCUT2D eigenvalue weighted by Gasteiger charge is 2.29. The summed E-state index contributed by atoms with van der Waals surface area (Å²) in [6, 6.07) is 16.3. The van der Waals surface area contributed by atoms with Crippen molar-refractivity contribution in [2.24, 2.45) is 0 Å². The average molecular weight is 647 g/mol. The second-order valence-corrected chi connectivity index (χ2v) is 10.6. The van der Waals surface area contributed by atoms with E-state index in [1.54, 1.807) is 35.8 Å². The summed E-state index contributed by atoms with van der Waals surface area (Å²) in [6.45, 7) is 6.54. The Labute approximate surface area is 263 Å². The topological polar surface area (TPSA) is 134 Å². The van der Waals surface area contributed by atoms with E-state index in [4.69, 9.17) is 14.9 Å². The number of ether oxygens (including phenoxy) is 1. The molecule has 1 fully saturated rings. The number of benzene rings is 2. The van der Waals surface area contributed by atoms with Crippen LogP contribution in [0.15, 0.2) is 76.3 Å². The van der Waals surface area contributed by atoms with Gasteiger partial charge in [-0.1, -0.05) is 42.5 Å². The molecule has 2 aromatic carbocycles. The number of nitrogens with zero attached hydrogens (tertiary/aromatic N) is 4. The summed E-state index contributed by atoms with van der Waals surface area (Å²) in [7, 11) is 0. The fraction of sp³-hybridized carbons (Fsp3) is 0.375. The van der Waals surface area contributed by atoms with Crippen LogP contribution in [-0.2, 0) is 22.7 Å². The summed E-state index contributed by atoms with van der Waals surface area (Å²) in [5.41, 5.74) is 2.25. The predicted octanol–water partition coefficient (Wildman–Crippen LogP) is 3.54. The number of para-hydroxylation sites is 2. The highest BCUT2D eigenvalue weighted by molar-refractivity contribution is 5.89. The number of carbonyl (C=O) groups is 2. The van der Waals surface area contributed by atoms with E-state index in [0.29, 0.717) is 48.7 Å². The molecule has 0 aliphatic carbocycles. The molecule has 2 N–H and O–H groups in total. The quantitative estimate of drug-likeness (QED) is 0.300. The highest BCUT2D eigenvalue weighted by Crippen LogP contribution is 2.30. The number of halogens is 3. The van der Waals surface area contributed by atoms with Crippen molar-refractivity contribution in [1.29, 1.82) is 0 Å². The predicted molar refractivity (Wildman–Crippen MR) is 166 cm³/mol. The molecule has 1 aliphatic rings. The maximum absolute atomic E-state index is 13.2. The maximum Gasteiger partial charge on any atom is 0.422 e. The van der Waals surface area contributed by atoms with Crippen molar-refractivity contribution >= 4 is 17.6 Å². The molecule has 1 saturated heterocycles. The van der Waals surface area contributed by atoms with Gasteiger partial charge in [-0.15, -0.1) is 0 Å². The molecule has 14 heteroatoms. The molecular weight excluding hydrogens is 609 g/mol. The van der Waals surface area contributed by atoms with Crippen LogP contribution in [-0.4, -0.2) is 81.7 Å². The van der Waals surface area contributed by atoms with Gasteiger partial charge in [0, 0.05) is 56.1 Å². The van der Waals surface area contributed by atoms with Crippen LogP contribution in [0, 0.1) is 13.8 Å². The van der Waals surface area contributed by atoms with Crippen LogP contribution < -0.4 is 20.9 Å². The van der Waals surface area contributed by atoms with Crippen molar-refractivity contribution in [2.45, 2.75) is 39.5 Å². The lowest BCUT2D eigenvalue weighted by atomic mass is 10.2. The molecule has 0 amide bonds. The number of piperazine rings is 1. The second kappa shape index (κ2) is 16.5. The molecule has 0 radical (unpaired) electrons. The molecule has 3 aromatic rings. The van der Waals surface area contributed by atoms with E-state index in [-0.39, 0.29) is 23.5 Å². The summed E-state index contributed by atoms with van der Waals surface area (Å²) in [6.07, 6.45) is -2.54. The van der Waals surface area contributed by atoms with Crippen molar-refractivity contribution in [2.75, 3.05) is 44.2 Å². The molecule has 248 valence electrons. The number of carboxylic acids is 2. The van der Waals surface area contributed by atoms with E-state index in [2.05, 4.69) is 4.90 Å². The molecule has 46 heavy (non-hydrogen) atoms. The number of aromatic nitrogens is 2. The normalized spacial score (nSPS) is 13.7. The number of hydrogen-bond acceptors (Lipinski definition) is 7. The zero-order chi connectivity index (χ0) is 33.9. The van der Waals surface area contributed by atoms with Gasteiger partial charge in [-0.05, 0) is 44.5 Å². The first kappa shape index (κ1) is 35.6. The first-order valence-electron chi connectivity index (χ1n) is 14.5. The van der Waals surface area contributed by atoms with Crippen LogP contribution in [0.4, 0.5) is 18.9 Å². The van der Waals surface area contributed by atoms with Crippen molar-refractivity contribution in [3.05, 3.63) is 104 Å². The van der Waals surface area contributed by atoms with Gasteiger partial charge >= 0.3 is 23.8 Å². The Morgan fingerprint density at radius 2 is 1.43 bits per heavy atom. The van der Waals surface area contributed by atoms with Gasteiger partial charge in [-0.25, -0.2) is 14.4 Å². The van der Waals surface area contributed by atoms with Crippen molar-refractivity contribution in [3.8, 4) is 5.75 Å². The van der Waals surface area contributed by atoms with E-state index in [1.165, 1.54) is 4.57 Å². The molecule has 1 aliphatic heterocycles. The summed E-state index contributed by atoms with van der Waals surface area (Å²) < 4.78 is 45.9. The van der Waals surface area contributed by atoms with Crippen LogP contribution in [0.1, 0.15) is 23.2 Å². The molecule has 0 spiro atoms. The number of carboxylic acid groups (broad SMARTS) is 2. The number of anilines is 1. The smallest absolute Gasteiger partial charge is 0.422 e. The minimum Gasteiger partial charge on any atom is -0.482 e. The molecule has 1 aromatic heterocycles. The average Bonchev–Trinajstić information content (AvgIpc) is 3.03. The van der Waals surface area contributed by atoms with Gasteiger partial charge < -0.3 is 19.8 Å². The number of alkyl halides is 3. The molecule has 11 nitrogen and oxygen atoms in total. The Kier molecular flexibility index (Phi) is 12.7. The Balaban J connectivity index is 0.000000637. The Morgan fingerprint density at radius 1 is 0.848 bits per heavy atom. The van der Waals surface area contributed by atoms with E-state index in [0.717, 1.165) is 31.6 Å². The molecule has 0 atom stereocenters. The lowest BCUT2D eigenvalue weighted by molar-refractivity contribution is -0.153. The van der Waals surface area contributed by atoms with Gasteiger partial charge in [0.2, 0.25) is 0 Å². The Hall–Kier alpha value is -4.85. The summed E-state index contributed by atoms with van der Waals surface area (Å²) in [5.74, 6) is -2.28. The van der Waals surface area contributed by atoms with Crippen LogP contribution in [0.3, 0.4) is 0 Å². The van der Waals surface area contributed by atoms with E-state index in [9.17, 15) is 32.3 Å². The molecule has 0 unspecified atom stereocenters. The van der Waals surface area contributed by atoms with Gasteiger partial charge in [0.05, 0.1) is 12.2 Å². The third kappa shape index (κ3) is 10.6. The van der Waals surface area contributed by atoms with Gasteiger partial charge in [-0.2, -0.15) is 13.2 Å². The zero-order valence-electron chi connectivity index (χ0n) is 25.6. The molecule has 4 rings (SSSR count). The van der Waals surface area contributed by atoms with Gasteiger partial charge in [0.1, 0.15) is 5.75 Å². The monoisotopic (exact) mass is 646 g/mol. The molecule has 0 saturated carbocycles. The number of rotatable bonds is 11. The Morgan fingerprint density at radius 3 is 2.02 bits per heavy atom. The summed E-state index contributed by atoms with van der Waals surface area (Å²) in [5, 5.41) is 15.6. The second-order valence-electron chi connectivity index (χ2n) is 10.6. The number of aliphatic carboxylic acids is 2. The van der Waals surface area contributed by atoms with Crippen molar-refractivity contribution in [1.82, 2.24) is 14.0 Å². The van der Waals surface area contributed by atoms with Crippen LogP contribution in [0.5, 0.6) is 5.75 Å². The minimum atomic E-state index is -4.39. The van der Waals surface area contributed by atoms with E-state index < -0.39 is 24.7 Å². The fourth-order valence-electron chi connectivity index (χ4n) is 4.91. The first-order chi connectivity index (χ1) is 21.8. The Bertz CT molecular complexity index is 1610. The standard InChI is InChI=1S/C28H33F3N4O3.C4H4O4/c1-21-22(2)34(27(37)35(26(21)36)19-23-9-4-3-5-10-23)14-8-13-32-15-17-33(18-16-32)24-11-6-7-12-25(24)38-20-28(29,30)31;5-3(6)1-2-4(7)8/h3-7,9-12H,8,13-20H2,1-2H3;1-2H,(H,5,6)(H,7,8). The van der Waals surface area contributed by atoms with Gasteiger partial charge in [0.15, 0.2) is 6.61 Å². The fourth-order valence-corrected chi connectivity index (χ4v) is 4.91. The van der Waals surface area contributed by atoms with Crippen molar-refractivity contribution < 1.29 is 37.7 Å². The van der Waals surface area contributed by atoms with E-state index in [1.807, 2.05) is 42.2 Å². The van der Waals surface area contributed by atoms with Crippen LogP contribution >= 0.6 is 0 Å². The third-order valence-electron chi connectivity index (χ3n) is 7.35. The first-order valence-corrected chi connectivity index (χ1v) is 14.5. The lowest BCUT2D eigenvalue weighted by Crippen LogP contribution is -2.47. The van der Waals surface area contributed by atoms with Crippen LogP contribution in [0.25, 0.3) is 0 Å². The highest BCUT2D eigenvalue weighted by atomic mass is 19.4. The third-order valence-corrected chi connectivity index (χ3v) is 7.35. The summed E-state index contributed by atoms with van der Waals surface area (Å²) >= 11 is 0. The minimum absolute atomic E-state index is 0.231. The molecule has 2 heterocycles. The van der Waals surface area contributed by atoms with Crippen LogP contribution in [0.2, 0.25) is 0 Å².